The van der Waals surface area contributed by atoms with Gasteiger partial charge in [0, 0.05) is 11.3 Å². The number of aromatic nitrogens is 2. The van der Waals surface area contributed by atoms with E-state index in [9.17, 15) is 10.1 Å². The molecule has 0 aliphatic heterocycles. The molecule has 1 aromatic heterocycles. The van der Waals surface area contributed by atoms with E-state index in [4.69, 9.17) is 14.2 Å². The lowest BCUT2D eigenvalue weighted by molar-refractivity contribution is 0.324. The molecular formula is C22H21N3O4S. The van der Waals surface area contributed by atoms with E-state index in [1.165, 1.54) is 33.1 Å². The Morgan fingerprint density at radius 3 is 2.37 bits per heavy atom. The summed E-state index contributed by atoms with van der Waals surface area (Å²) in [7, 11) is 4.51. The largest absolute Gasteiger partial charge is 0.493 e. The third-order valence-corrected chi connectivity index (χ3v) is 5.35. The Kier molecular flexibility index (Phi) is 6.65. The average molecular weight is 423 g/mol. The van der Waals surface area contributed by atoms with Gasteiger partial charge >= 0.3 is 0 Å². The standard InChI is InChI=1S/C22H21N3O4S/c1-13-6-5-7-14(8-13)12-30-22-24-19(16(11-23)21(26)25-22)15-9-17(27-2)20(29-4)18(10-15)28-3/h5-10H,12H2,1-4H3,(H,24,25,26). The van der Waals surface area contributed by atoms with Crippen LogP contribution in [0, 0.1) is 18.3 Å². The van der Waals surface area contributed by atoms with Crippen molar-refractivity contribution < 1.29 is 14.2 Å². The SMILES string of the molecule is COc1cc(-c2nc(SCc3cccc(C)c3)[nH]c(=O)c2C#N)cc(OC)c1OC. The van der Waals surface area contributed by atoms with E-state index in [0.717, 1.165) is 11.1 Å². The Balaban J connectivity index is 2.06. The number of benzene rings is 2. The van der Waals surface area contributed by atoms with Crippen LogP contribution < -0.4 is 19.8 Å². The van der Waals surface area contributed by atoms with Crippen molar-refractivity contribution in [2.75, 3.05) is 21.3 Å². The topological polar surface area (TPSA) is 97.2 Å². The number of nitrogens with one attached hydrogen (secondary N) is 1. The first kappa shape index (κ1) is 21.3. The van der Waals surface area contributed by atoms with Gasteiger partial charge in [-0.25, -0.2) is 4.98 Å². The van der Waals surface area contributed by atoms with Crippen LogP contribution >= 0.6 is 11.8 Å². The van der Waals surface area contributed by atoms with Crippen LogP contribution in [0.2, 0.25) is 0 Å². The van der Waals surface area contributed by atoms with E-state index in [2.05, 4.69) is 16.0 Å². The Morgan fingerprint density at radius 1 is 1.10 bits per heavy atom. The van der Waals surface area contributed by atoms with E-state index >= 15 is 0 Å². The molecule has 0 saturated carbocycles. The highest BCUT2D eigenvalue weighted by Crippen LogP contribution is 2.41. The minimum atomic E-state index is -0.497. The number of H-pyrrole nitrogens is 1. The summed E-state index contributed by atoms with van der Waals surface area (Å²) < 4.78 is 16.1. The third kappa shape index (κ3) is 4.42. The van der Waals surface area contributed by atoms with Gasteiger partial charge in [-0.05, 0) is 24.6 Å². The molecule has 154 valence electrons. The van der Waals surface area contributed by atoms with Crippen LogP contribution in [0.5, 0.6) is 17.2 Å². The Hall–Kier alpha value is -3.44. The molecular weight excluding hydrogens is 402 g/mol. The number of nitriles is 1. The van der Waals surface area contributed by atoms with Crippen molar-refractivity contribution in [1.82, 2.24) is 9.97 Å². The second-order valence-corrected chi connectivity index (χ2v) is 7.36. The van der Waals surface area contributed by atoms with Crippen LogP contribution in [0.4, 0.5) is 0 Å². The van der Waals surface area contributed by atoms with Crippen LogP contribution in [0.1, 0.15) is 16.7 Å². The zero-order chi connectivity index (χ0) is 21.7. The summed E-state index contributed by atoms with van der Waals surface area (Å²) in [5.41, 5.74) is 2.47. The number of hydrogen-bond acceptors (Lipinski definition) is 7. The Bertz CT molecular complexity index is 1140. The molecule has 0 spiro atoms. The van der Waals surface area contributed by atoms with Crippen molar-refractivity contribution in [2.45, 2.75) is 17.8 Å². The molecule has 0 radical (unpaired) electrons. The molecule has 0 fully saturated rings. The number of methoxy groups -OCH3 is 3. The molecule has 8 heteroatoms. The predicted octanol–water partition coefficient (Wildman–Crippen LogP) is 3.94. The summed E-state index contributed by atoms with van der Waals surface area (Å²) in [4.78, 5) is 19.8. The molecule has 3 rings (SSSR count). The fourth-order valence-electron chi connectivity index (χ4n) is 3.00. The van der Waals surface area contributed by atoms with Gasteiger partial charge < -0.3 is 19.2 Å². The van der Waals surface area contributed by atoms with Crippen LogP contribution in [0.15, 0.2) is 46.3 Å². The van der Waals surface area contributed by atoms with Crippen molar-refractivity contribution in [3.05, 3.63) is 63.4 Å². The zero-order valence-corrected chi connectivity index (χ0v) is 17.9. The number of aromatic amines is 1. The van der Waals surface area contributed by atoms with Gasteiger partial charge in [0.2, 0.25) is 5.75 Å². The number of aryl methyl sites for hydroxylation is 1. The maximum absolute atomic E-state index is 12.5. The van der Waals surface area contributed by atoms with Gasteiger partial charge in [0.1, 0.15) is 11.6 Å². The van der Waals surface area contributed by atoms with Crippen LogP contribution in [0.25, 0.3) is 11.3 Å². The van der Waals surface area contributed by atoms with E-state index in [1.54, 1.807) is 12.1 Å². The quantitative estimate of drug-likeness (QED) is 0.454. The van der Waals surface area contributed by atoms with Crippen molar-refractivity contribution in [1.29, 1.82) is 5.26 Å². The summed E-state index contributed by atoms with van der Waals surface area (Å²) in [6, 6.07) is 13.4. The Labute approximate surface area is 178 Å². The van der Waals surface area contributed by atoms with Crippen molar-refractivity contribution in [2.24, 2.45) is 0 Å². The van der Waals surface area contributed by atoms with Gasteiger partial charge in [0.25, 0.3) is 5.56 Å². The fraction of sp³-hybridized carbons (Fsp3) is 0.227. The van der Waals surface area contributed by atoms with E-state index < -0.39 is 5.56 Å². The monoisotopic (exact) mass is 423 g/mol. The van der Waals surface area contributed by atoms with Crippen molar-refractivity contribution >= 4 is 11.8 Å². The zero-order valence-electron chi connectivity index (χ0n) is 17.1. The Morgan fingerprint density at radius 2 is 1.80 bits per heavy atom. The molecule has 0 aliphatic carbocycles. The molecule has 0 saturated heterocycles. The number of ether oxygens (including phenoxy) is 3. The second-order valence-electron chi connectivity index (χ2n) is 6.40. The fourth-order valence-corrected chi connectivity index (χ4v) is 3.81. The van der Waals surface area contributed by atoms with Crippen LogP contribution in [0.3, 0.4) is 0 Å². The maximum atomic E-state index is 12.5. The molecule has 7 nitrogen and oxygen atoms in total. The molecule has 0 aliphatic rings. The summed E-state index contributed by atoms with van der Waals surface area (Å²) in [5.74, 6) is 1.87. The van der Waals surface area contributed by atoms with Gasteiger partial charge in [-0.2, -0.15) is 5.26 Å². The van der Waals surface area contributed by atoms with Crippen LogP contribution in [-0.4, -0.2) is 31.3 Å². The normalized spacial score (nSPS) is 10.4. The molecule has 1 N–H and O–H groups in total. The van der Waals surface area contributed by atoms with Crippen molar-refractivity contribution in [3.8, 4) is 34.6 Å². The first-order valence-corrected chi connectivity index (χ1v) is 10.0. The summed E-state index contributed by atoms with van der Waals surface area (Å²) in [5, 5.41) is 9.96. The maximum Gasteiger partial charge on any atom is 0.270 e. The molecule has 0 amide bonds. The lowest BCUT2D eigenvalue weighted by atomic mass is 10.1. The number of nitrogens with zero attached hydrogens (tertiary/aromatic N) is 2. The van der Waals surface area contributed by atoms with Crippen LogP contribution in [-0.2, 0) is 5.75 Å². The van der Waals surface area contributed by atoms with Gasteiger partial charge in [-0.1, -0.05) is 41.6 Å². The second kappa shape index (κ2) is 9.37. The number of thioether (sulfide) groups is 1. The van der Waals surface area contributed by atoms with E-state index in [1.807, 2.05) is 31.2 Å². The highest BCUT2D eigenvalue weighted by molar-refractivity contribution is 7.98. The third-order valence-electron chi connectivity index (χ3n) is 4.41. The molecule has 0 bridgehead atoms. The minimum absolute atomic E-state index is 0.0795. The first-order valence-electron chi connectivity index (χ1n) is 9.03. The molecule has 2 aromatic carbocycles. The molecule has 0 atom stereocenters. The minimum Gasteiger partial charge on any atom is -0.493 e. The van der Waals surface area contributed by atoms with Gasteiger partial charge in [-0.3, -0.25) is 4.79 Å². The van der Waals surface area contributed by atoms with Gasteiger partial charge in [0.05, 0.1) is 27.0 Å². The smallest absolute Gasteiger partial charge is 0.270 e. The summed E-state index contributed by atoms with van der Waals surface area (Å²) in [6.07, 6.45) is 0. The molecule has 30 heavy (non-hydrogen) atoms. The number of hydrogen-bond donors (Lipinski definition) is 1. The van der Waals surface area contributed by atoms with E-state index in [-0.39, 0.29) is 11.3 Å². The molecule has 0 unspecified atom stereocenters. The first-order chi connectivity index (χ1) is 14.5. The summed E-state index contributed by atoms with van der Waals surface area (Å²) >= 11 is 1.39. The van der Waals surface area contributed by atoms with Gasteiger partial charge in [-0.15, -0.1) is 0 Å². The van der Waals surface area contributed by atoms with Gasteiger partial charge in [0.15, 0.2) is 16.7 Å². The van der Waals surface area contributed by atoms with Crippen molar-refractivity contribution in [3.63, 3.8) is 0 Å². The number of rotatable bonds is 7. The highest BCUT2D eigenvalue weighted by Gasteiger charge is 2.19. The highest BCUT2D eigenvalue weighted by atomic mass is 32.2. The summed E-state index contributed by atoms with van der Waals surface area (Å²) in [6.45, 7) is 2.03. The predicted molar refractivity (Wildman–Crippen MR) is 115 cm³/mol. The average Bonchev–Trinajstić information content (AvgIpc) is 2.76. The molecule has 3 aromatic rings. The molecule has 1 heterocycles. The van der Waals surface area contributed by atoms with E-state index in [0.29, 0.717) is 33.7 Å². The lowest BCUT2D eigenvalue weighted by Crippen LogP contribution is -2.15. The lowest BCUT2D eigenvalue weighted by Gasteiger charge is -2.14.